The summed E-state index contributed by atoms with van der Waals surface area (Å²) in [4.78, 5) is 15.0. The monoisotopic (exact) mass is 264 g/mol. The number of carboxylic acids is 1. The normalized spacial score (nSPS) is 12.3. The van der Waals surface area contributed by atoms with Crippen molar-refractivity contribution in [1.82, 2.24) is 19.7 Å². The Labute approximate surface area is 108 Å². The minimum atomic E-state index is -0.873. The molecule has 1 N–H and O–H groups in total. The highest BCUT2D eigenvalue weighted by molar-refractivity contribution is 8.00. The Morgan fingerprint density at radius 1 is 1.44 bits per heavy atom. The molecule has 18 heavy (non-hydrogen) atoms. The molecule has 0 aliphatic carbocycles. The van der Waals surface area contributed by atoms with Gasteiger partial charge < -0.3 is 9.67 Å². The summed E-state index contributed by atoms with van der Waals surface area (Å²) in [6.45, 7) is 1.61. The largest absolute Gasteiger partial charge is 0.480 e. The van der Waals surface area contributed by atoms with Gasteiger partial charge in [-0.25, -0.2) is 0 Å². The van der Waals surface area contributed by atoms with Gasteiger partial charge in [0.2, 0.25) is 0 Å². The first kappa shape index (κ1) is 12.6. The molecule has 0 aliphatic rings. The lowest BCUT2D eigenvalue weighted by Crippen LogP contribution is -2.12. The summed E-state index contributed by atoms with van der Waals surface area (Å²) >= 11 is 1.16. The molecule has 6 nitrogen and oxygen atoms in total. The van der Waals surface area contributed by atoms with E-state index >= 15 is 0 Å². The van der Waals surface area contributed by atoms with Gasteiger partial charge in [0, 0.05) is 13.2 Å². The quantitative estimate of drug-likeness (QED) is 0.842. The SMILES string of the molecule is CC(Sc1nnc(-c2ccccn2)n1C)C(=O)O. The van der Waals surface area contributed by atoms with E-state index in [9.17, 15) is 4.79 Å². The number of thioether (sulfide) groups is 1. The van der Waals surface area contributed by atoms with Gasteiger partial charge in [-0.3, -0.25) is 9.78 Å². The lowest BCUT2D eigenvalue weighted by Gasteiger charge is -2.05. The lowest BCUT2D eigenvalue weighted by atomic mass is 10.3. The fraction of sp³-hybridized carbons (Fsp3) is 0.273. The van der Waals surface area contributed by atoms with Crippen molar-refractivity contribution in [3.05, 3.63) is 24.4 Å². The Bertz CT molecular complexity index is 555. The topological polar surface area (TPSA) is 80.9 Å². The molecule has 0 amide bonds. The minimum absolute atomic E-state index is 0.561. The van der Waals surface area contributed by atoms with Gasteiger partial charge in [0.25, 0.3) is 0 Å². The summed E-state index contributed by atoms with van der Waals surface area (Å²) in [5.74, 6) is -0.252. The molecule has 2 aromatic heterocycles. The van der Waals surface area contributed by atoms with Gasteiger partial charge in [0.05, 0.1) is 0 Å². The van der Waals surface area contributed by atoms with E-state index in [0.717, 1.165) is 11.8 Å². The van der Waals surface area contributed by atoms with Crippen LogP contribution in [0.3, 0.4) is 0 Å². The van der Waals surface area contributed by atoms with Crippen LogP contribution < -0.4 is 0 Å². The number of aromatic nitrogens is 4. The molecule has 2 rings (SSSR count). The second-order valence-electron chi connectivity index (χ2n) is 3.68. The molecule has 1 unspecified atom stereocenters. The maximum Gasteiger partial charge on any atom is 0.316 e. The summed E-state index contributed by atoms with van der Waals surface area (Å²) in [5, 5.41) is 16.9. The summed E-state index contributed by atoms with van der Waals surface area (Å²) in [6.07, 6.45) is 1.68. The Morgan fingerprint density at radius 3 is 2.83 bits per heavy atom. The van der Waals surface area contributed by atoms with Crippen LogP contribution in [0.25, 0.3) is 11.5 Å². The Kier molecular flexibility index (Phi) is 3.61. The number of hydrogen-bond donors (Lipinski definition) is 1. The molecule has 0 fully saturated rings. The molecule has 0 spiro atoms. The standard InChI is InChI=1S/C11H12N4O2S/c1-7(10(16)17)18-11-14-13-9(15(11)2)8-5-3-4-6-12-8/h3-7H,1-2H3,(H,16,17). The summed E-state index contributed by atoms with van der Waals surface area (Å²) < 4.78 is 1.74. The first-order chi connectivity index (χ1) is 8.59. The number of hydrogen-bond acceptors (Lipinski definition) is 5. The number of carboxylic acid groups (broad SMARTS) is 1. The number of aliphatic carboxylic acids is 1. The molecule has 0 saturated carbocycles. The molecule has 0 aromatic carbocycles. The molecule has 0 saturated heterocycles. The summed E-state index contributed by atoms with van der Waals surface area (Å²) in [7, 11) is 1.79. The molecular formula is C11H12N4O2S. The highest BCUT2D eigenvalue weighted by Crippen LogP contribution is 2.24. The molecule has 2 aromatic rings. The van der Waals surface area contributed by atoms with Gasteiger partial charge in [-0.2, -0.15) is 0 Å². The van der Waals surface area contributed by atoms with Gasteiger partial charge >= 0.3 is 5.97 Å². The van der Waals surface area contributed by atoms with Gasteiger partial charge in [0.15, 0.2) is 11.0 Å². The van der Waals surface area contributed by atoms with E-state index in [1.54, 1.807) is 24.7 Å². The Hall–Kier alpha value is -1.89. The van der Waals surface area contributed by atoms with Crippen LogP contribution in [0.1, 0.15) is 6.92 Å². The third kappa shape index (κ3) is 2.51. The fourth-order valence-corrected chi connectivity index (χ4v) is 2.09. The van der Waals surface area contributed by atoms with Gasteiger partial charge in [-0.15, -0.1) is 10.2 Å². The number of rotatable bonds is 4. The molecule has 7 heteroatoms. The fourth-order valence-electron chi connectivity index (χ4n) is 1.34. The van der Waals surface area contributed by atoms with Crippen molar-refractivity contribution >= 4 is 17.7 Å². The third-order valence-corrected chi connectivity index (χ3v) is 3.48. The van der Waals surface area contributed by atoms with E-state index in [-0.39, 0.29) is 0 Å². The van der Waals surface area contributed by atoms with Crippen molar-refractivity contribution in [2.45, 2.75) is 17.3 Å². The predicted molar refractivity (Wildman–Crippen MR) is 67.2 cm³/mol. The van der Waals surface area contributed by atoms with Crippen molar-refractivity contribution in [2.24, 2.45) is 7.05 Å². The first-order valence-electron chi connectivity index (χ1n) is 5.30. The average Bonchev–Trinajstić information content (AvgIpc) is 2.72. The van der Waals surface area contributed by atoms with Crippen LogP contribution in [0, 0.1) is 0 Å². The predicted octanol–water partition coefficient (Wildman–Crippen LogP) is 1.44. The van der Waals surface area contributed by atoms with Crippen LogP contribution in [0.2, 0.25) is 0 Å². The van der Waals surface area contributed by atoms with Gasteiger partial charge in [-0.05, 0) is 19.1 Å². The summed E-state index contributed by atoms with van der Waals surface area (Å²) in [6, 6.07) is 5.52. The molecule has 0 bridgehead atoms. The molecule has 1 atom stereocenters. The van der Waals surface area contributed by atoms with Crippen LogP contribution in [0.15, 0.2) is 29.6 Å². The molecule has 0 radical (unpaired) electrons. The van der Waals surface area contributed by atoms with Crippen molar-refractivity contribution < 1.29 is 9.90 Å². The van der Waals surface area contributed by atoms with E-state index in [2.05, 4.69) is 15.2 Å². The van der Waals surface area contributed by atoms with E-state index in [0.29, 0.717) is 16.7 Å². The van der Waals surface area contributed by atoms with E-state index < -0.39 is 11.2 Å². The maximum absolute atomic E-state index is 10.8. The van der Waals surface area contributed by atoms with E-state index in [4.69, 9.17) is 5.11 Å². The third-order valence-electron chi connectivity index (χ3n) is 2.36. The zero-order chi connectivity index (χ0) is 13.1. The number of nitrogens with zero attached hydrogens (tertiary/aromatic N) is 4. The Morgan fingerprint density at radius 2 is 2.22 bits per heavy atom. The van der Waals surface area contributed by atoms with Crippen LogP contribution in [-0.4, -0.2) is 36.1 Å². The zero-order valence-corrected chi connectivity index (χ0v) is 10.8. The van der Waals surface area contributed by atoms with Crippen molar-refractivity contribution in [3.8, 4) is 11.5 Å². The molecular weight excluding hydrogens is 252 g/mol. The maximum atomic E-state index is 10.8. The second-order valence-corrected chi connectivity index (χ2v) is 4.99. The van der Waals surface area contributed by atoms with Crippen LogP contribution >= 0.6 is 11.8 Å². The van der Waals surface area contributed by atoms with Gasteiger partial charge in [-0.1, -0.05) is 17.8 Å². The van der Waals surface area contributed by atoms with E-state index in [1.165, 1.54) is 0 Å². The average molecular weight is 264 g/mol. The first-order valence-corrected chi connectivity index (χ1v) is 6.18. The highest BCUT2D eigenvalue weighted by Gasteiger charge is 2.18. The van der Waals surface area contributed by atoms with Crippen molar-refractivity contribution in [1.29, 1.82) is 0 Å². The Balaban J connectivity index is 2.27. The molecule has 94 valence electrons. The van der Waals surface area contributed by atoms with Gasteiger partial charge in [0.1, 0.15) is 10.9 Å². The highest BCUT2D eigenvalue weighted by atomic mass is 32.2. The summed E-state index contributed by atoms with van der Waals surface area (Å²) in [5.41, 5.74) is 0.710. The second kappa shape index (κ2) is 5.18. The van der Waals surface area contributed by atoms with Crippen molar-refractivity contribution in [3.63, 3.8) is 0 Å². The van der Waals surface area contributed by atoms with Crippen LogP contribution in [-0.2, 0) is 11.8 Å². The lowest BCUT2D eigenvalue weighted by molar-refractivity contribution is -0.136. The van der Waals surface area contributed by atoms with Crippen LogP contribution in [0.5, 0.6) is 0 Å². The molecule has 0 aliphatic heterocycles. The number of carbonyl (C=O) groups is 1. The zero-order valence-electron chi connectivity index (χ0n) is 9.94. The van der Waals surface area contributed by atoms with E-state index in [1.807, 2.05) is 18.2 Å². The van der Waals surface area contributed by atoms with Crippen LogP contribution in [0.4, 0.5) is 0 Å². The minimum Gasteiger partial charge on any atom is -0.480 e. The number of pyridine rings is 1. The molecule has 2 heterocycles. The van der Waals surface area contributed by atoms with Crippen molar-refractivity contribution in [2.75, 3.05) is 0 Å². The smallest absolute Gasteiger partial charge is 0.316 e.